The van der Waals surface area contributed by atoms with E-state index in [2.05, 4.69) is 26.8 Å². The number of aromatic nitrogens is 3. The lowest BCUT2D eigenvalue weighted by Gasteiger charge is -2.20. The summed E-state index contributed by atoms with van der Waals surface area (Å²) in [7, 11) is 0. The van der Waals surface area contributed by atoms with E-state index < -0.39 is 0 Å². The van der Waals surface area contributed by atoms with Gasteiger partial charge in [0, 0.05) is 50.0 Å². The Bertz CT molecular complexity index is 469. The third-order valence-electron chi connectivity index (χ3n) is 2.71. The summed E-state index contributed by atoms with van der Waals surface area (Å²) >= 11 is 0. The second-order valence-corrected chi connectivity index (χ2v) is 3.97. The summed E-state index contributed by atoms with van der Waals surface area (Å²) < 4.78 is 0. The Morgan fingerprint density at radius 1 is 1.11 bits per heavy atom. The molecule has 0 amide bonds. The molecule has 0 atom stereocenters. The Morgan fingerprint density at radius 2 is 1.78 bits per heavy atom. The van der Waals surface area contributed by atoms with Crippen molar-refractivity contribution in [3.8, 4) is 0 Å². The van der Waals surface area contributed by atoms with Crippen molar-refractivity contribution in [3.63, 3.8) is 0 Å². The van der Waals surface area contributed by atoms with Crippen molar-refractivity contribution < 1.29 is 0 Å². The van der Waals surface area contributed by atoms with Crippen LogP contribution in [0.4, 0.5) is 5.95 Å². The van der Waals surface area contributed by atoms with Gasteiger partial charge in [-0.05, 0) is 24.6 Å². The maximum absolute atomic E-state index is 5.53. The SMILES string of the molecule is CCN(Cc1ccncc1)c1ncc(CN)cn1. The van der Waals surface area contributed by atoms with Crippen LogP contribution in [0, 0.1) is 0 Å². The molecule has 2 N–H and O–H groups in total. The van der Waals surface area contributed by atoms with Gasteiger partial charge in [-0.25, -0.2) is 9.97 Å². The first-order valence-electron chi connectivity index (χ1n) is 5.98. The zero-order chi connectivity index (χ0) is 12.8. The second kappa shape index (κ2) is 6.07. The maximum atomic E-state index is 5.53. The van der Waals surface area contributed by atoms with Gasteiger partial charge in [0.15, 0.2) is 0 Å². The van der Waals surface area contributed by atoms with Crippen LogP contribution in [-0.4, -0.2) is 21.5 Å². The molecule has 94 valence electrons. The lowest BCUT2D eigenvalue weighted by Crippen LogP contribution is -2.24. The third-order valence-corrected chi connectivity index (χ3v) is 2.71. The molecule has 0 aliphatic rings. The Balaban J connectivity index is 2.12. The molecular weight excluding hydrogens is 226 g/mol. The number of anilines is 1. The summed E-state index contributed by atoms with van der Waals surface area (Å²) in [5.74, 6) is 0.728. The normalized spacial score (nSPS) is 10.3. The number of pyridine rings is 1. The van der Waals surface area contributed by atoms with Crippen molar-refractivity contribution in [3.05, 3.63) is 48.0 Å². The highest BCUT2D eigenvalue weighted by atomic mass is 15.2. The van der Waals surface area contributed by atoms with Crippen LogP contribution in [0.1, 0.15) is 18.1 Å². The highest BCUT2D eigenvalue weighted by Crippen LogP contribution is 2.11. The second-order valence-electron chi connectivity index (χ2n) is 3.97. The third kappa shape index (κ3) is 3.01. The molecule has 0 saturated heterocycles. The standard InChI is InChI=1S/C13H17N5/c1-2-18(10-11-3-5-15-6-4-11)13-16-8-12(7-14)9-17-13/h3-6,8-9H,2,7,10,14H2,1H3. The molecule has 0 aliphatic heterocycles. The molecule has 2 heterocycles. The van der Waals surface area contributed by atoms with Gasteiger partial charge in [-0.3, -0.25) is 4.98 Å². The van der Waals surface area contributed by atoms with Gasteiger partial charge in [0.25, 0.3) is 0 Å². The predicted octanol–water partition coefficient (Wildman–Crippen LogP) is 1.36. The average molecular weight is 243 g/mol. The summed E-state index contributed by atoms with van der Waals surface area (Å²) in [6.45, 7) is 4.18. The maximum Gasteiger partial charge on any atom is 0.225 e. The molecule has 18 heavy (non-hydrogen) atoms. The minimum atomic E-state index is 0.469. The molecule has 5 heteroatoms. The van der Waals surface area contributed by atoms with E-state index in [1.54, 1.807) is 24.8 Å². The molecule has 0 radical (unpaired) electrons. The zero-order valence-electron chi connectivity index (χ0n) is 10.5. The highest BCUT2D eigenvalue weighted by molar-refractivity contribution is 5.31. The van der Waals surface area contributed by atoms with Crippen molar-refractivity contribution >= 4 is 5.95 Å². The number of hydrogen-bond acceptors (Lipinski definition) is 5. The van der Waals surface area contributed by atoms with E-state index in [1.165, 1.54) is 5.56 Å². The van der Waals surface area contributed by atoms with Gasteiger partial charge in [-0.1, -0.05) is 0 Å². The monoisotopic (exact) mass is 243 g/mol. The molecule has 2 aromatic heterocycles. The van der Waals surface area contributed by atoms with Crippen LogP contribution < -0.4 is 10.6 Å². The fraction of sp³-hybridized carbons (Fsp3) is 0.308. The number of nitrogens with two attached hydrogens (primary N) is 1. The minimum Gasteiger partial charge on any atom is -0.337 e. The summed E-state index contributed by atoms with van der Waals surface area (Å²) in [4.78, 5) is 14.8. The lowest BCUT2D eigenvalue weighted by atomic mass is 10.2. The molecule has 0 unspecified atom stereocenters. The Labute approximate surface area is 107 Å². The quantitative estimate of drug-likeness (QED) is 0.858. The van der Waals surface area contributed by atoms with E-state index in [1.807, 2.05) is 12.1 Å². The van der Waals surface area contributed by atoms with Crippen LogP contribution in [0.2, 0.25) is 0 Å². The largest absolute Gasteiger partial charge is 0.337 e. The number of nitrogens with zero attached hydrogens (tertiary/aromatic N) is 4. The van der Waals surface area contributed by atoms with Gasteiger partial charge < -0.3 is 10.6 Å². The Kier molecular flexibility index (Phi) is 4.20. The van der Waals surface area contributed by atoms with Crippen LogP contribution in [0.25, 0.3) is 0 Å². The topological polar surface area (TPSA) is 67.9 Å². The molecule has 0 fully saturated rings. The summed E-state index contributed by atoms with van der Waals surface area (Å²) in [5, 5.41) is 0. The van der Waals surface area contributed by atoms with Crippen molar-refractivity contribution in [2.24, 2.45) is 5.73 Å². The molecule has 2 aromatic rings. The summed E-state index contributed by atoms with van der Waals surface area (Å²) in [5.41, 5.74) is 7.67. The predicted molar refractivity (Wildman–Crippen MR) is 70.9 cm³/mol. The van der Waals surface area contributed by atoms with Crippen molar-refractivity contribution in [1.82, 2.24) is 15.0 Å². The molecule has 0 aromatic carbocycles. The average Bonchev–Trinajstić information content (AvgIpc) is 2.46. The molecule has 0 spiro atoms. The molecule has 0 aliphatic carbocycles. The van der Waals surface area contributed by atoms with Gasteiger partial charge in [0.1, 0.15) is 0 Å². The van der Waals surface area contributed by atoms with Crippen molar-refractivity contribution in [2.45, 2.75) is 20.0 Å². The van der Waals surface area contributed by atoms with Crippen LogP contribution in [0.5, 0.6) is 0 Å². The van der Waals surface area contributed by atoms with Gasteiger partial charge in [-0.2, -0.15) is 0 Å². The first-order valence-corrected chi connectivity index (χ1v) is 5.98. The van der Waals surface area contributed by atoms with Gasteiger partial charge in [0.2, 0.25) is 5.95 Å². The van der Waals surface area contributed by atoms with Crippen molar-refractivity contribution in [2.75, 3.05) is 11.4 Å². The van der Waals surface area contributed by atoms with E-state index in [4.69, 9.17) is 5.73 Å². The smallest absolute Gasteiger partial charge is 0.225 e. The number of hydrogen-bond donors (Lipinski definition) is 1. The van der Waals surface area contributed by atoms with Gasteiger partial charge in [-0.15, -0.1) is 0 Å². The fourth-order valence-corrected chi connectivity index (χ4v) is 1.65. The molecular formula is C13H17N5. The first-order chi connectivity index (χ1) is 8.83. The summed E-state index contributed by atoms with van der Waals surface area (Å²) in [6.07, 6.45) is 7.14. The first kappa shape index (κ1) is 12.4. The van der Waals surface area contributed by atoms with E-state index in [0.717, 1.165) is 24.6 Å². The van der Waals surface area contributed by atoms with Gasteiger partial charge >= 0.3 is 0 Å². The van der Waals surface area contributed by atoms with E-state index in [0.29, 0.717) is 6.54 Å². The Morgan fingerprint density at radius 3 is 2.33 bits per heavy atom. The van der Waals surface area contributed by atoms with Crippen LogP contribution in [0.15, 0.2) is 36.9 Å². The molecule has 0 saturated carbocycles. The fourth-order valence-electron chi connectivity index (χ4n) is 1.65. The molecule has 0 bridgehead atoms. The van der Waals surface area contributed by atoms with Crippen LogP contribution in [-0.2, 0) is 13.1 Å². The molecule has 2 rings (SSSR count). The highest BCUT2D eigenvalue weighted by Gasteiger charge is 2.07. The zero-order valence-corrected chi connectivity index (χ0v) is 10.5. The summed E-state index contributed by atoms with van der Waals surface area (Å²) in [6, 6.07) is 3.99. The minimum absolute atomic E-state index is 0.469. The van der Waals surface area contributed by atoms with E-state index >= 15 is 0 Å². The Hall–Kier alpha value is -2.01. The van der Waals surface area contributed by atoms with Crippen molar-refractivity contribution in [1.29, 1.82) is 0 Å². The van der Waals surface area contributed by atoms with E-state index in [9.17, 15) is 0 Å². The van der Waals surface area contributed by atoms with E-state index in [-0.39, 0.29) is 0 Å². The lowest BCUT2D eigenvalue weighted by molar-refractivity contribution is 0.786. The van der Waals surface area contributed by atoms with Gasteiger partial charge in [0.05, 0.1) is 0 Å². The van der Waals surface area contributed by atoms with Crippen LogP contribution >= 0.6 is 0 Å². The molecule has 5 nitrogen and oxygen atoms in total. The van der Waals surface area contributed by atoms with Crippen LogP contribution in [0.3, 0.4) is 0 Å². The number of rotatable bonds is 5.